The molecule has 57 heavy (non-hydrogen) atoms. The smallest absolute Gasteiger partial charge is 0.306 e. The second-order valence-electron chi connectivity index (χ2n) is 15.6. The van der Waals surface area contributed by atoms with E-state index in [0.29, 0.717) is 19.3 Å². The van der Waals surface area contributed by atoms with E-state index in [1.165, 1.54) is 70.6 Å². The number of allylic oxidation sites excluding steroid dienone is 10. The van der Waals surface area contributed by atoms with Crippen LogP contribution in [0.5, 0.6) is 0 Å². The summed E-state index contributed by atoms with van der Waals surface area (Å²) in [7, 11) is 0. The fourth-order valence-corrected chi connectivity index (χ4v) is 6.37. The number of carbonyl (C=O) groups is 3. The summed E-state index contributed by atoms with van der Waals surface area (Å²) in [6.45, 7) is 6.43. The minimum absolute atomic E-state index is 0.0879. The molecule has 0 aromatic rings. The van der Waals surface area contributed by atoms with Crippen LogP contribution in [0.4, 0.5) is 0 Å². The van der Waals surface area contributed by atoms with Gasteiger partial charge in [0.05, 0.1) is 0 Å². The van der Waals surface area contributed by atoms with Crippen molar-refractivity contribution >= 4 is 17.9 Å². The van der Waals surface area contributed by atoms with Gasteiger partial charge in [-0.1, -0.05) is 171 Å². The second kappa shape index (κ2) is 45.8. The summed E-state index contributed by atoms with van der Waals surface area (Å²) in [5.41, 5.74) is 0. The summed E-state index contributed by atoms with van der Waals surface area (Å²) in [5.74, 6) is -0.925. The molecule has 0 rings (SSSR count). The topological polar surface area (TPSA) is 78.9 Å². The van der Waals surface area contributed by atoms with E-state index in [1.54, 1.807) is 0 Å². The van der Waals surface area contributed by atoms with Crippen LogP contribution in [0.1, 0.15) is 226 Å². The van der Waals surface area contributed by atoms with E-state index in [9.17, 15) is 14.4 Å². The monoisotopic (exact) mass is 797 g/mol. The van der Waals surface area contributed by atoms with Gasteiger partial charge in [-0.25, -0.2) is 0 Å². The van der Waals surface area contributed by atoms with Gasteiger partial charge in [0.1, 0.15) is 13.2 Å². The fourth-order valence-electron chi connectivity index (χ4n) is 6.37. The Morgan fingerprint density at radius 1 is 0.368 bits per heavy atom. The van der Waals surface area contributed by atoms with Gasteiger partial charge in [-0.05, 0) is 96.3 Å². The Balaban J connectivity index is 4.42. The molecule has 0 aliphatic rings. The van der Waals surface area contributed by atoms with Crippen LogP contribution in [0, 0.1) is 0 Å². The Bertz CT molecular complexity index is 1050. The standard InChI is InChI=1S/C51H88O6/c1-4-7-10-13-16-19-22-24-25-27-29-32-35-38-41-44-50(53)56-47-48(46-55-49(52)43-40-37-34-31-28-21-18-15-12-9-6-3)57-51(54)45-42-39-36-33-30-26-23-20-17-14-11-8-5-2/h7,10,15-16,18-20,23-25,48H,4-6,8-9,11-14,17,21-22,26-47H2,1-3H3/b10-7-,18-15-,19-16-,23-20-,25-24-/t48-/m1/s1. The largest absolute Gasteiger partial charge is 0.462 e. The van der Waals surface area contributed by atoms with Crippen LogP contribution >= 0.6 is 0 Å². The number of rotatable bonds is 42. The summed E-state index contributed by atoms with van der Waals surface area (Å²) in [6, 6.07) is 0. The summed E-state index contributed by atoms with van der Waals surface area (Å²) in [5, 5.41) is 0. The van der Waals surface area contributed by atoms with Gasteiger partial charge in [0, 0.05) is 19.3 Å². The van der Waals surface area contributed by atoms with Gasteiger partial charge in [0.2, 0.25) is 0 Å². The maximum absolute atomic E-state index is 12.7. The van der Waals surface area contributed by atoms with Gasteiger partial charge in [0.25, 0.3) is 0 Å². The zero-order valence-corrected chi connectivity index (χ0v) is 37.3. The molecule has 0 saturated heterocycles. The summed E-state index contributed by atoms with van der Waals surface area (Å²) < 4.78 is 16.7. The lowest BCUT2D eigenvalue weighted by Crippen LogP contribution is -2.30. The first-order valence-electron chi connectivity index (χ1n) is 23.8. The number of ether oxygens (including phenoxy) is 3. The van der Waals surface area contributed by atoms with E-state index in [-0.39, 0.29) is 31.1 Å². The number of esters is 3. The number of unbranched alkanes of at least 4 members (excludes halogenated alkanes) is 21. The third-order valence-electron chi connectivity index (χ3n) is 9.98. The molecule has 0 bridgehead atoms. The molecule has 6 heteroatoms. The lowest BCUT2D eigenvalue weighted by Gasteiger charge is -2.18. The summed E-state index contributed by atoms with van der Waals surface area (Å²) in [6.07, 6.45) is 54.8. The lowest BCUT2D eigenvalue weighted by molar-refractivity contribution is -0.167. The zero-order valence-electron chi connectivity index (χ0n) is 37.3. The molecule has 0 N–H and O–H groups in total. The molecule has 0 spiro atoms. The van der Waals surface area contributed by atoms with Gasteiger partial charge in [-0.15, -0.1) is 0 Å². The third-order valence-corrected chi connectivity index (χ3v) is 9.98. The molecule has 0 saturated carbocycles. The minimum atomic E-state index is -0.786. The van der Waals surface area contributed by atoms with Crippen molar-refractivity contribution in [1.29, 1.82) is 0 Å². The van der Waals surface area contributed by atoms with E-state index in [1.807, 2.05) is 0 Å². The zero-order chi connectivity index (χ0) is 41.5. The number of hydrogen-bond donors (Lipinski definition) is 0. The van der Waals surface area contributed by atoms with Gasteiger partial charge < -0.3 is 14.2 Å². The maximum atomic E-state index is 12.7. The second-order valence-corrected chi connectivity index (χ2v) is 15.6. The van der Waals surface area contributed by atoms with E-state index in [4.69, 9.17) is 14.2 Å². The molecule has 6 nitrogen and oxygen atoms in total. The molecule has 0 radical (unpaired) electrons. The Hall–Kier alpha value is -2.89. The third kappa shape index (κ3) is 44.1. The minimum Gasteiger partial charge on any atom is -0.462 e. The van der Waals surface area contributed by atoms with Crippen LogP contribution in [0.25, 0.3) is 0 Å². The average Bonchev–Trinajstić information content (AvgIpc) is 3.21. The number of carbonyl (C=O) groups excluding carboxylic acids is 3. The SMILES string of the molecule is CC/C=C\C/C=C\C/C=C\CCCCCCCC(=O)OC[C@@H](COC(=O)CCCCCCC/C=C\CCCC)OC(=O)CCCCCCC/C=C\CCCCCC. The van der Waals surface area contributed by atoms with Crippen molar-refractivity contribution in [3.63, 3.8) is 0 Å². The molecule has 328 valence electrons. The van der Waals surface area contributed by atoms with Crippen molar-refractivity contribution in [1.82, 2.24) is 0 Å². The van der Waals surface area contributed by atoms with Crippen molar-refractivity contribution in [3.8, 4) is 0 Å². The van der Waals surface area contributed by atoms with Crippen molar-refractivity contribution in [2.45, 2.75) is 232 Å². The molecule has 0 aliphatic carbocycles. The predicted molar refractivity (Wildman–Crippen MR) is 242 cm³/mol. The lowest BCUT2D eigenvalue weighted by atomic mass is 10.1. The Kier molecular flexibility index (Phi) is 43.5. The molecular formula is C51H88O6. The summed E-state index contributed by atoms with van der Waals surface area (Å²) in [4.78, 5) is 37.8. The van der Waals surface area contributed by atoms with E-state index < -0.39 is 6.10 Å². The maximum Gasteiger partial charge on any atom is 0.306 e. The molecule has 0 amide bonds. The Labute approximate surface area is 351 Å². The van der Waals surface area contributed by atoms with Gasteiger partial charge in [-0.3, -0.25) is 14.4 Å². The molecule has 0 aromatic carbocycles. The average molecular weight is 797 g/mol. The van der Waals surface area contributed by atoms with Crippen LogP contribution < -0.4 is 0 Å². The molecule has 0 aromatic heterocycles. The molecule has 0 unspecified atom stereocenters. The molecule has 0 aliphatic heterocycles. The van der Waals surface area contributed by atoms with Gasteiger partial charge in [0.15, 0.2) is 6.10 Å². The van der Waals surface area contributed by atoms with Crippen molar-refractivity contribution < 1.29 is 28.6 Å². The van der Waals surface area contributed by atoms with E-state index in [2.05, 4.69) is 81.5 Å². The van der Waals surface area contributed by atoms with E-state index in [0.717, 1.165) is 116 Å². The highest BCUT2D eigenvalue weighted by Crippen LogP contribution is 2.13. The normalized spacial score (nSPS) is 12.5. The van der Waals surface area contributed by atoms with Crippen molar-refractivity contribution in [2.24, 2.45) is 0 Å². The first-order valence-corrected chi connectivity index (χ1v) is 23.8. The van der Waals surface area contributed by atoms with Gasteiger partial charge >= 0.3 is 17.9 Å². The number of hydrogen-bond acceptors (Lipinski definition) is 6. The van der Waals surface area contributed by atoms with E-state index >= 15 is 0 Å². The summed E-state index contributed by atoms with van der Waals surface area (Å²) >= 11 is 0. The van der Waals surface area contributed by atoms with Crippen LogP contribution in [0.2, 0.25) is 0 Å². The molecule has 0 heterocycles. The Morgan fingerprint density at radius 3 is 1.14 bits per heavy atom. The molecule has 0 fully saturated rings. The first-order chi connectivity index (χ1) is 28.0. The highest BCUT2D eigenvalue weighted by molar-refractivity contribution is 5.71. The highest BCUT2D eigenvalue weighted by Gasteiger charge is 2.19. The molecular weight excluding hydrogens is 709 g/mol. The first kappa shape index (κ1) is 54.1. The van der Waals surface area contributed by atoms with Crippen molar-refractivity contribution in [3.05, 3.63) is 60.8 Å². The highest BCUT2D eigenvalue weighted by atomic mass is 16.6. The molecule has 1 atom stereocenters. The Morgan fingerprint density at radius 2 is 0.702 bits per heavy atom. The quantitative estimate of drug-likeness (QED) is 0.0265. The fraction of sp³-hybridized carbons (Fsp3) is 0.745. The van der Waals surface area contributed by atoms with Crippen LogP contribution in [-0.4, -0.2) is 37.2 Å². The van der Waals surface area contributed by atoms with Crippen LogP contribution in [0.3, 0.4) is 0 Å². The van der Waals surface area contributed by atoms with Gasteiger partial charge in [-0.2, -0.15) is 0 Å². The van der Waals surface area contributed by atoms with Crippen LogP contribution in [0.15, 0.2) is 60.8 Å². The van der Waals surface area contributed by atoms with Crippen LogP contribution in [-0.2, 0) is 28.6 Å². The van der Waals surface area contributed by atoms with Crippen molar-refractivity contribution in [2.75, 3.05) is 13.2 Å². The predicted octanol–water partition coefficient (Wildman–Crippen LogP) is 15.3.